The number of ether oxygens (including phenoxy) is 1. The van der Waals surface area contributed by atoms with Crippen LogP contribution >= 0.6 is 15.9 Å². The van der Waals surface area contributed by atoms with Crippen molar-refractivity contribution in [3.05, 3.63) is 44.0 Å². The van der Waals surface area contributed by atoms with Crippen LogP contribution in [0, 0.1) is 24.0 Å². The molecule has 2 N–H and O–H groups in total. The molecule has 2 rings (SSSR count). The predicted octanol–water partition coefficient (Wildman–Crippen LogP) is 3.14. The van der Waals surface area contributed by atoms with Gasteiger partial charge in [0.15, 0.2) is 0 Å². The number of hydrogen-bond donors (Lipinski definition) is 1. The molecule has 0 saturated carbocycles. The molecule has 0 aliphatic rings. The first-order valence-corrected chi connectivity index (χ1v) is 6.39. The summed E-state index contributed by atoms with van der Waals surface area (Å²) in [4.78, 5) is 17.5. The van der Waals surface area contributed by atoms with Gasteiger partial charge in [-0.15, -0.1) is 0 Å². The summed E-state index contributed by atoms with van der Waals surface area (Å²) in [6, 6.07) is 3.69. The molecular weight excluding hydrogens is 328 g/mol. The summed E-state index contributed by atoms with van der Waals surface area (Å²) >= 11 is 3.40. The third-order valence-corrected chi connectivity index (χ3v) is 3.48. The first-order valence-electron chi connectivity index (χ1n) is 5.60. The highest BCUT2D eigenvalue weighted by Crippen LogP contribution is 2.30. The lowest BCUT2D eigenvalue weighted by atomic mass is 10.1. The van der Waals surface area contributed by atoms with Crippen molar-refractivity contribution >= 4 is 27.4 Å². The van der Waals surface area contributed by atoms with Crippen LogP contribution in [0.4, 0.5) is 11.5 Å². The third-order valence-electron chi connectivity index (χ3n) is 2.63. The number of rotatable bonds is 3. The van der Waals surface area contributed by atoms with E-state index in [2.05, 4.69) is 25.9 Å². The van der Waals surface area contributed by atoms with Crippen molar-refractivity contribution in [2.24, 2.45) is 0 Å². The van der Waals surface area contributed by atoms with Crippen molar-refractivity contribution in [1.82, 2.24) is 9.97 Å². The number of halogens is 1. The van der Waals surface area contributed by atoms with E-state index in [4.69, 9.17) is 10.5 Å². The largest absolute Gasteiger partial charge is 0.424 e. The van der Waals surface area contributed by atoms with Crippen LogP contribution in [0.1, 0.15) is 11.1 Å². The van der Waals surface area contributed by atoms with Crippen molar-refractivity contribution < 1.29 is 9.66 Å². The Balaban J connectivity index is 2.33. The molecule has 0 fully saturated rings. The predicted molar refractivity (Wildman–Crippen MR) is 76.8 cm³/mol. The van der Waals surface area contributed by atoms with E-state index in [-0.39, 0.29) is 17.5 Å². The fraction of sp³-hybridized carbons (Fsp3) is 0.167. The molecule has 0 aliphatic carbocycles. The van der Waals surface area contributed by atoms with Crippen LogP contribution in [0.15, 0.2) is 22.8 Å². The molecule has 0 radical (unpaired) electrons. The Hall–Kier alpha value is -2.22. The van der Waals surface area contributed by atoms with E-state index in [0.29, 0.717) is 5.75 Å². The second kappa shape index (κ2) is 5.41. The summed E-state index contributed by atoms with van der Waals surface area (Å²) < 4.78 is 6.39. The molecule has 1 heterocycles. The van der Waals surface area contributed by atoms with Crippen LogP contribution in [0.25, 0.3) is 0 Å². The van der Waals surface area contributed by atoms with Gasteiger partial charge in [0.05, 0.1) is 4.92 Å². The standard InChI is InChI=1S/C12H11BrN4O3/c1-6-3-7(2)10(4-8(6)13)20-12-15-5-9(17(18)19)11(14)16-12/h3-5H,1-2H3,(H2,14,15,16). The van der Waals surface area contributed by atoms with Gasteiger partial charge in [-0.2, -0.15) is 9.97 Å². The smallest absolute Gasteiger partial charge is 0.329 e. The molecule has 2 aromatic rings. The van der Waals surface area contributed by atoms with E-state index in [0.717, 1.165) is 21.8 Å². The van der Waals surface area contributed by atoms with E-state index < -0.39 is 4.92 Å². The summed E-state index contributed by atoms with van der Waals surface area (Å²) in [7, 11) is 0. The van der Waals surface area contributed by atoms with Crippen LogP contribution in [0.2, 0.25) is 0 Å². The van der Waals surface area contributed by atoms with Crippen LogP contribution < -0.4 is 10.5 Å². The van der Waals surface area contributed by atoms with Crippen molar-refractivity contribution in [3.8, 4) is 11.8 Å². The molecule has 1 aromatic carbocycles. The number of hydrogen-bond acceptors (Lipinski definition) is 6. The highest BCUT2D eigenvalue weighted by Gasteiger charge is 2.15. The Bertz CT molecular complexity index is 691. The van der Waals surface area contributed by atoms with Gasteiger partial charge in [-0.05, 0) is 31.0 Å². The van der Waals surface area contributed by atoms with Crippen molar-refractivity contribution in [3.63, 3.8) is 0 Å². The number of nitrogens with two attached hydrogens (primary N) is 1. The summed E-state index contributed by atoms with van der Waals surface area (Å²) in [6.45, 7) is 3.84. The lowest BCUT2D eigenvalue weighted by Gasteiger charge is -2.09. The zero-order valence-corrected chi connectivity index (χ0v) is 12.3. The Kier molecular flexibility index (Phi) is 3.84. The molecule has 8 heteroatoms. The SMILES string of the molecule is Cc1cc(C)c(Oc2ncc([N+](=O)[O-])c(N)n2)cc1Br. The monoisotopic (exact) mass is 338 g/mol. The van der Waals surface area contributed by atoms with Gasteiger partial charge in [0.25, 0.3) is 0 Å². The van der Waals surface area contributed by atoms with Crippen molar-refractivity contribution in [2.45, 2.75) is 13.8 Å². The van der Waals surface area contributed by atoms with Gasteiger partial charge < -0.3 is 10.5 Å². The number of aryl methyl sites for hydroxylation is 2. The topological polar surface area (TPSA) is 104 Å². The number of benzene rings is 1. The molecule has 0 atom stereocenters. The van der Waals surface area contributed by atoms with Gasteiger partial charge in [0.1, 0.15) is 11.9 Å². The Labute approximate surface area is 123 Å². The maximum atomic E-state index is 10.6. The van der Waals surface area contributed by atoms with Gasteiger partial charge in [-0.3, -0.25) is 10.1 Å². The Morgan fingerprint density at radius 2 is 2.05 bits per heavy atom. The average Bonchev–Trinajstić information content (AvgIpc) is 2.35. The minimum atomic E-state index is -0.646. The van der Waals surface area contributed by atoms with E-state index in [9.17, 15) is 10.1 Å². The fourth-order valence-corrected chi connectivity index (χ4v) is 1.90. The number of nitro groups is 1. The Morgan fingerprint density at radius 1 is 1.35 bits per heavy atom. The van der Waals surface area contributed by atoms with E-state index in [1.165, 1.54) is 0 Å². The van der Waals surface area contributed by atoms with Gasteiger partial charge in [0, 0.05) is 4.47 Å². The van der Waals surface area contributed by atoms with E-state index >= 15 is 0 Å². The molecule has 0 unspecified atom stereocenters. The van der Waals surface area contributed by atoms with Crippen molar-refractivity contribution in [1.29, 1.82) is 0 Å². The quantitative estimate of drug-likeness (QED) is 0.680. The zero-order valence-electron chi connectivity index (χ0n) is 10.8. The Morgan fingerprint density at radius 3 is 2.65 bits per heavy atom. The molecular formula is C12H11BrN4O3. The minimum Gasteiger partial charge on any atom is -0.424 e. The van der Waals surface area contributed by atoms with Gasteiger partial charge in [-0.25, -0.2) is 0 Å². The van der Waals surface area contributed by atoms with Crippen molar-refractivity contribution in [2.75, 3.05) is 5.73 Å². The van der Waals surface area contributed by atoms with Crippen LogP contribution in [0.5, 0.6) is 11.8 Å². The third kappa shape index (κ3) is 2.85. The maximum Gasteiger partial charge on any atom is 0.329 e. The summed E-state index contributed by atoms with van der Waals surface area (Å²) in [6.07, 6.45) is 1.02. The molecule has 7 nitrogen and oxygen atoms in total. The van der Waals surface area contributed by atoms with Crippen LogP contribution in [0.3, 0.4) is 0 Å². The maximum absolute atomic E-state index is 10.6. The fourth-order valence-electron chi connectivity index (χ4n) is 1.58. The molecule has 0 saturated heterocycles. The molecule has 104 valence electrons. The second-order valence-electron chi connectivity index (χ2n) is 4.15. The number of nitrogen functional groups attached to an aromatic ring is 1. The first kappa shape index (κ1) is 14.2. The van der Waals surface area contributed by atoms with Gasteiger partial charge in [-0.1, -0.05) is 22.0 Å². The number of anilines is 1. The summed E-state index contributed by atoms with van der Waals surface area (Å²) in [5.74, 6) is 0.319. The number of aromatic nitrogens is 2. The van der Waals surface area contributed by atoms with Gasteiger partial charge >= 0.3 is 11.7 Å². The molecule has 1 aromatic heterocycles. The molecule has 0 aliphatic heterocycles. The average molecular weight is 339 g/mol. The van der Waals surface area contributed by atoms with E-state index in [1.807, 2.05) is 19.9 Å². The zero-order chi connectivity index (χ0) is 14.9. The highest BCUT2D eigenvalue weighted by atomic mass is 79.9. The van der Waals surface area contributed by atoms with Crippen LogP contribution in [-0.4, -0.2) is 14.9 Å². The molecule has 0 spiro atoms. The first-order chi connectivity index (χ1) is 9.38. The van der Waals surface area contributed by atoms with E-state index in [1.54, 1.807) is 6.07 Å². The second-order valence-corrected chi connectivity index (χ2v) is 5.00. The molecule has 0 bridgehead atoms. The summed E-state index contributed by atoms with van der Waals surface area (Å²) in [5.41, 5.74) is 7.10. The minimum absolute atomic E-state index is 0.0352. The highest BCUT2D eigenvalue weighted by molar-refractivity contribution is 9.10. The number of nitrogens with zero attached hydrogens (tertiary/aromatic N) is 3. The van der Waals surface area contributed by atoms with Crippen LogP contribution in [-0.2, 0) is 0 Å². The lowest BCUT2D eigenvalue weighted by Crippen LogP contribution is -2.02. The molecule has 0 amide bonds. The van der Waals surface area contributed by atoms with Gasteiger partial charge in [0.2, 0.25) is 5.82 Å². The summed E-state index contributed by atoms with van der Waals surface area (Å²) in [5, 5.41) is 10.6. The molecule has 20 heavy (non-hydrogen) atoms. The normalized spacial score (nSPS) is 10.3. The lowest BCUT2D eigenvalue weighted by molar-refractivity contribution is -0.384.